The van der Waals surface area contributed by atoms with E-state index in [-0.39, 0.29) is 18.6 Å². The van der Waals surface area contributed by atoms with Crippen molar-refractivity contribution in [2.45, 2.75) is 45.4 Å². The minimum Gasteiger partial charge on any atom is -0.300 e. The zero-order chi connectivity index (χ0) is 14.7. The molecule has 0 spiro atoms. The number of carbonyl (C=O) groups excluding carboxylic acids is 1. The Kier molecular flexibility index (Phi) is 7.60. The maximum Gasteiger partial charge on any atom is 0.179 e. The lowest BCUT2D eigenvalue weighted by molar-refractivity contribution is -0.120. The molecule has 0 aromatic carbocycles. The van der Waals surface area contributed by atoms with Gasteiger partial charge in [-0.25, -0.2) is 0 Å². The maximum atomic E-state index is 11.8. The summed E-state index contributed by atoms with van der Waals surface area (Å²) < 4.78 is 0. The van der Waals surface area contributed by atoms with E-state index in [1.165, 1.54) is 0 Å². The van der Waals surface area contributed by atoms with E-state index in [0.717, 1.165) is 19.3 Å². The molecule has 0 aromatic heterocycles. The molecule has 0 saturated heterocycles. The summed E-state index contributed by atoms with van der Waals surface area (Å²) in [7, 11) is 0. The summed E-state index contributed by atoms with van der Waals surface area (Å²) in [5.74, 6) is -1.64. The van der Waals surface area contributed by atoms with Crippen molar-refractivity contribution in [3.05, 3.63) is 0 Å². The zero-order valence-electron chi connectivity index (χ0n) is 11.0. The van der Waals surface area contributed by atoms with E-state index in [2.05, 4.69) is 6.92 Å². The van der Waals surface area contributed by atoms with Crippen LogP contribution in [0.4, 0.5) is 0 Å². The highest BCUT2D eigenvalue weighted by molar-refractivity contribution is 5.80. The largest absolute Gasteiger partial charge is 0.300 e. The Morgan fingerprint density at radius 2 is 1.63 bits per heavy atom. The van der Waals surface area contributed by atoms with Gasteiger partial charge in [-0.15, -0.1) is 0 Å². The third-order valence-electron chi connectivity index (χ3n) is 2.94. The smallest absolute Gasteiger partial charge is 0.179 e. The van der Waals surface area contributed by atoms with Crippen molar-refractivity contribution < 1.29 is 4.79 Å². The number of hydrogen-bond acceptors (Lipinski definition) is 5. The molecule has 0 fully saturated rings. The Hall–Kier alpha value is -2.37. The third kappa shape index (κ3) is 4.79. The second kappa shape index (κ2) is 8.68. The zero-order valence-corrected chi connectivity index (χ0v) is 11.0. The van der Waals surface area contributed by atoms with Crippen molar-refractivity contribution in [1.29, 1.82) is 21.0 Å². The average molecular weight is 256 g/mol. The first-order chi connectivity index (χ1) is 9.10. The van der Waals surface area contributed by atoms with Crippen LogP contribution in [0.25, 0.3) is 0 Å². The number of hydrogen-bond donors (Lipinski definition) is 0. The Bertz CT molecular complexity index is 442. The number of nitrogens with zero attached hydrogens (tertiary/aromatic N) is 4. The molecule has 98 valence electrons. The van der Waals surface area contributed by atoms with Crippen molar-refractivity contribution in [2.24, 2.45) is 11.3 Å². The first-order valence-corrected chi connectivity index (χ1v) is 6.23. The molecule has 0 atom stereocenters. The monoisotopic (exact) mass is 256 g/mol. The van der Waals surface area contributed by atoms with Gasteiger partial charge in [0.15, 0.2) is 11.3 Å². The molecule has 0 unspecified atom stereocenters. The van der Waals surface area contributed by atoms with Crippen LogP contribution in [-0.4, -0.2) is 5.78 Å². The van der Waals surface area contributed by atoms with Gasteiger partial charge in [-0.05, 0) is 6.42 Å². The summed E-state index contributed by atoms with van der Waals surface area (Å²) in [6, 6.07) is 6.58. The number of nitriles is 4. The Morgan fingerprint density at radius 1 is 1.05 bits per heavy atom. The van der Waals surface area contributed by atoms with Gasteiger partial charge in [0, 0.05) is 12.8 Å². The number of ketones is 1. The Labute approximate surface area is 113 Å². The molecule has 0 aliphatic rings. The number of rotatable bonds is 8. The van der Waals surface area contributed by atoms with Crippen molar-refractivity contribution in [2.75, 3.05) is 0 Å². The van der Waals surface area contributed by atoms with Crippen molar-refractivity contribution in [3.8, 4) is 24.3 Å². The van der Waals surface area contributed by atoms with Crippen LogP contribution < -0.4 is 0 Å². The molecule has 0 radical (unpaired) electrons. The fourth-order valence-electron chi connectivity index (χ4n) is 1.73. The van der Waals surface area contributed by atoms with Crippen molar-refractivity contribution in [3.63, 3.8) is 0 Å². The molecule has 0 aromatic rings. The number of unbranched alkanes of at least 4 members (excludes halogenated alkanes) is 3. The van der Waals surface area contributed by atoms with E-state index in [4.69, 9.17) is 21.0 Å². The summed E-state index contributed by atoms with van der Waals surface area (Å²) in [5.41, 5.74) is -1.84. The lowest BCUT2D eigenvalue weighted by Gasteiger charge is -2.17. The van der Waals surface area contributed by atoms with Gasteiger partial charge >= 0.3 is 0 Å². The molecular weight excluding hydrogens is 240 g/mol. The lowest BCUT2D eigenvalue weighted by atomic mass is 9.75. The summed E-state index contributed by atoms with van der Waals surface area (Å²) in [6.07, 6.45) is 3.66. The van der Waals surface area contributed by atoms with Crippen LogP contribution in [0.1, 0.15) is 45.4 Å². The molecule has 5 nitrogen and oxygen atoms in total. The molecule has 0 N–H and O–H groups in total. The fraction of sp³-hybridized carbons (Fsp3) is 0.643. The summed E-state index contributed by atoms with van der Waals surface area (Å²) >= 11 is 0. The standard InChI is InChI=1S/C14H16N4O/c1-2-3-4-5-6-13(19)7-14(10-17,11-18)12(8-15)9-16/h12H,2-7H2,1H3. The minimum absolute atomic E-state index is 0.241. The quantitative estimate of drug-likeness (QED) is 0.619. The lowest BCUT2D eigenvalue weighted by Crippen LogP contribution is -2.28. The molecule has 19 heavy (non-hydrogen) atoms. The van der Waals surface area contributed by atoms with E-state index in [1.807, 2.05) is 0 Å². The van der Waals surface area contributed by atoms with Gasteiger partial charge in [-0.3, -0.25) is 4.79 Å². The van der Waals surface area contributed by atoms with Gasteiger partial charge in [0.1, 0.15) is 5.78 Å². The summed E-state index contributed by atoms with van der Waals surface area (Å²) in [5, 5.41) is 35.7. The molecule has 0 bridgehead atoms. The summed E-state index contributed by atoms with van der Waals surface area (Å²) in [4.78, 5) is 11.8. The second-order valence-corrected chi connectivity index (χ2v) is 4.41. The van der Waals surface area contributed by atoms with Crippen LogP contribution in [-0.2, 0) is 4.79 Å². The van der Waals surface area contributed by atoms with Crippen LogP contribution in [0, 0.1) is 56.7 Å². The van der Waals surface area contributed by atoms with Gasteiger partial charge in [-0.1, -0.05) is 26.2 Å². The predicted molar refractivity (Wildman–Crippen MR) is 66.8 cm³/mol. The van der Waals surface area contributed by atoms with Crippen molar-refractivity contribution >= 4 is 5.78 Å². The fourth-order valence-corrected chi connectivity index (χ4v) is 1.73. The number of Topliss-reactive ketones (excluding diaryl/α,β-unsaturated/α-hetero) is 1. The van der Waals surface area contributed by atoms with Crippen LogP contribution >= 0.6 is 0 Å². The molecule has 0 aliphatic carbocycles. The van der Waals surface area contributed by atoms with Crippen LogP contribution in [0.15, 0.2) is 0 Å². The molecular formula is C14H16N4O. The van der Waals surface area contributed by atoms with Crippen molar-refractivity contribution in [1.82, 2.24) is 0 Å². The van der Waals surface area contributed by atoms with Gasteiger partial charge in [-0.2, -0.15) is 21.0 Å². The first kappa shape index (κ1) is 16.6. The maximum absolute atomic E-state index is 11.8. The highest BCUT2D eigenvalue weighted by atomic mass is 16.1. The molecule has 0 aliphatic heterocycles. The second-order valence-electron chi connectivity index (χ2n) is 4.41. The normalized spacial score (nSPS) is 10.0. The number of carbonyl (C=O) groups is 1. The van der Waals surface area contributed by atoms with E-state index in [9.17, 15) is 4.79 Å². The highest BCUT2D eigenvalue weighted by Gasteiger charge is 2.42. The molecule has 0 rings (SSSR count). The predicted octanol–water partition coefficient (Wildman–Crippen LogP) is 2.61. The van der Waals surface area contributed by atoms with E-state index >= 15 is 0 Å². The van der Waals surface area contributed by atoms with Crippen LogP contribution in [0.3, 0.4) is 0 Å². The Balaban J connectivity index is 4.67. The summed E-state index contributed by atoms with van der Waals surface area (Å²) in [6.45, 7) is 2.06. The molecule has 5 heteroatoms. The van der Waals surface area contributed by atoms with E-state index in [0.29, 0.717) is 6.42 Å². The van der Waals surface area contributed by atoms with Crippen LogP contribution in [0.5, 0.6) is 0 Å². The average Bonchev–Trinajstić information content (AvgIpc) is 2.43. The van der Waals surface area contributed by atoms with E-state index in [1.54, 1.807) is 24.3 Å². The van der Waals surface area contributed by atoms with Gasteiger partial charge in [0.05, 0.1) is 24.3 Å². The molecule has 0 heterocycles. The topological polar surface area (TPSA) is 112 Å². The van der Waals surface area contributed by atoms with Gasteiger partial charge in [0.25, 0.3) is 0 Å². The Morgan fingerprint density at radius 3 is 2.05 bits per heavy atom. The van der Waals surface area contributed by atoms with Gasteiger partial charge < -0.3 is 0 Å². The van der Waals surface area contributed by atoms with Crippen LogP contribution in [0.2, 0.25) is 0 Å². The highest BCUT2D eigenvalue weighted by Crippen LogP contribution is 2.31. The SMILES string of the molecule is CCCCCCC(=O)CC(C#N)(C#N)C(C#N)C#N. The molecule has 0 amide bonds. The van der Waals surface area contributed by atoms with Gasteiger partial charge in [0.2, 0.25) is 0 Å². The molecule has 0 saturated carbocycles. The van der Waals surface area contributed by atoms with E-state index < -0.39 is 11.3 Å². The first-order valence-electron chi connectivity index (χ1n) is 6.23. The third-order valence-corrected chi connectivity index (χ3v) is 2.94. The minimum atomic E-state index is -1.84.